The molecule has 3 aromatic rings. The van der Waals surface area contributed by atoms with Crippen molar-refractivity contribution in [3.05, 3.63) is 94.8 Å². The van der Waals surface area contributed by atoms with E-state index >= 15 is 0 Å². The quantitative estimate of drug-likeness (QED) is 0.260. The third-order valence-corrected chi connectivity index (χ3v) is 8.57. The molecule has 1 N–H and O–H groups in total. The molecule has 7 nitrogen and oxygen atoms in total. The van der Waals surface area contributed by atoms with Crippen LogP contribution in [0.5, 0.6) is 0 Å². The maximum absolute atomic E-state index is 14.0. The van der Waals surface area contributed by atoms with Gasteiger partial charge >= 0.3 is 0 Å². The third-order valence-electron chi connectivity index (χ3n) is 6.55. The van der Waals surface area contributed by atoms with Gasteiger partial charge in [0.15, 0.2) is 0 Å². The summed E-state index contributed by atoms with van der Waals surface area (Å²) in [4.78, 5) is 28.6. The Balaban J connectivity index is 2.04. The molecule has 0 spiro atoms. The number of halogens is 2. The summed E-state index contributed by atoms with van der Waals surface area (Å²) in [6.07, 6.45) is 1.98. The van der Waals surface area contributed by atoms with E-state index in [0.29, 0.717) is 34.8 Å². The summed E-state index contributed by atoms with van der Waals surface area (Å²) in [6, 6.07) is 17.4. The van der Waals surface area contributed by atoms with Crippen LogP contribution in [0, 0.1) is 12.7 Å². The van der Waals surface area contributed by atoms with Crippen LogP contribution in [0.15, 0.2) is 77.7 Å². The van der Waals surface area contributed by atoms with E-state index in [1.807, 2.05) is 6.92 Å². The number of carbonyl (C=O) groups excluding carboxylic acids is 2. The number of unbranched alkanes of at least 4 members (excludes halogenated alkanes) is 1. The average Bonchev–Trinajstić information content (AvgIpc) is 2.93. The van der Waals surface area contributed by atoms with Crippen molar-refractivity contribution in [1.29, 1.82) is 0 Å². The molecule has 3 rings (SSSR count). The summed E-state index contributed by atoms with van der Waals surface area (Å²) < 4.78 is 42.4. The summed E-state index contributed by atoms with van der Waals surface area (Å²) >= 11 is 5.99. The molecule has 0 unspecified atom stereocenters. The van der Waals surface area contributed by atoms with Gasteiger partial charge in [0.05, 0.1) is 10.6 Å². The highest BCUT2D eigenvalue weighted by atomic mass is 35.5. The number of sulfonamides is 1. The van der Waals surface area contributed by atoms with Gasteiger partial charge in [-0.3, -0.25) is 13.9 Å². The maximum Gasteiger partial charge on any atom is 0.264 e. The lowest BCUT2D eigenvalue weighted by Gasteiger charge is -2.33. The van der Waals surface area contributed by atoms with E-state index in [-0.39, 0.29) is 17.3 Å². The van der Waals surface area contributed by atoms with E-state index in [2.05, 4.69) is 5.32 Å². The van der Waals surface area contributed by atoms with Gasteiger partial charge in [0, 0.05) is 18.1 Å². The summed E-state index contributed by atoms with van der Waals surface area (Å²) in [5.74, 6) is -1.32. The molecular weight excluding hydrogens is 553 g/mol. The van der Waals surface area contributed by atoms with E-state index in [4.69, 9.17) is 11.6 Å². The van der Waals surface area contributed by atoms with E-state index in [0.717, 1.165) is 17.1 Å². The fourth-order valence-electron chi connectivity index (χ4n) is 4.30. The molecule has 2 amide bonds. The first-order valence-electron chi connectivity index (χ1n) is 13.2. The Morgan fingerprint density at radius 3 is 2.23 bits per heavy atom. The first-order chi connectivity index (χ1) is 19.1. The molecule has 0 fully saturated rings. The zero-order chi connectivity index (χ0) is 29.3. The van der Waals surface area contributed by atoms with Crippen molar-refractivity contribution in [2.75, 3.05) is 17.4 Å². The number of anilines is 1. The normalized spacial score (nSPS) is 12.0. The van der Waals surface area contributed by atoms with Crippen LogP contribution < -0.4 is 9.62 Å². The molecule has 0 heterocycles. The number of hydrogen-bond donors (Lipinski definition) is 1. The number of aryl methyl sites for hydroxylation is 1. The molecule has 214 valence electrons. The van der Waals surface area contributed by atoms with Crippen LogP contribution in [0.25, 0.3) is 0 Å². The molecule has 0 radical (unpaired) electrons. The van der Waals surface area contributed by atoms with E-state index in [1.165, 1.54) is 41.3 Å². The number of hydrogen-bond acceptors (Lipinski definition) is 4. The maximum atomic E-state index is 14.0. The molecule has 40 heavy (non-hydrogen) atoms. The summed E-state index contributed by atoms with van der Waals surface area (Å²) in [5.41, 5.74) is 1.60. The topological polar surface area (TPSA) is 86.8 Å². The van der Waals surface area contributed by atoms with Gasteiger partial charge in [0.25, 0.3) is 10.0 Å². The smallest absolute Gasteiger partial charge is 0.264 e. The van der Waals surface area contributed by atoms with Crippen molar-refractivity contribution in [3.63, 3.8) is 0 Å². The van der Waals surface area contributed by atoms with Gasteiger partial charge in [0.1, 0.15) is 18.4 Å². The fraction of sp³-hybridized carbons (Fsp3) is 0.333. The van der Waals surface area contributed by atoms with Gasteiger partial charge < -0.3 is 10.2 Å². The SMILES string of the molecule is CCCCNC(=O)[C@@H](CC)N(Cc1ccc(F)cc1)C(=O)CN(c1ccccc1C)S(=O)(=O)c1ccc(Cl)cc1. The number of nitrogens with one attached hydrogen (secondary N) is 1. The standard InChI is InChI=1S/C30H35ClFN3O4S/c1-4-6-19-33-30(37)27(5-2)34(20-23-11-15-25(32)16-12-23)29(36)21-35(28-10-8-7-9-22(28)3)40(38,39)26-17-13-24(31)14-18-26/h7-18,27H,4-6,19-21H2,1-3H3,(H,33,37)/t27-/m1/s1. The van der Waals surface area contributed by atoms with Gasteiger partial charge in [-0.25, -0.2) is 12.8 Å². The number of rotatable bonds is 13. The van der Waals surface area contributed by atoms with Crippen molar-refractivity contribution >= 4 is 39.1 Å². The fourth-order valence-corrected chi connectivity index (χ4v) is 5.91. The van der Waals surface area contributed by atoms with E-state index in [1.54, 1.807) is 50.2 Å². The van der Waals surface area contributed by atoms with Gasteiger partial charge in [-0.05, 0) is 73.4 Å². The van der Waals surface area contributed by atoms with Crippen molar-refractivity contribution in [1.82, 2.24) is 10.2 Å². The zero-order valence-corrected chi connectivity index (χ0v) is 24.5. The monoisotopic (exact) mass is 587 g/mol. The van der Waals surface area contributed by atoms with Crippen molar-refractivity contribution in [3.8, 4) is 0 Å². The molecule has 3 aromatic carbocycles. The molecule has 10 heteroatoms. The second-order valence-electron chi connectivity index (χ2n) is 9.47. The lowest BCUT2D eigenvalue weighted by Crippen LogP contribution is -2.52. The summed E-state index contributed by atoms with van der Waals surface area (Å²) in [7, 11) is -4.19. The number of carbonyl (C=O) groups is 2. The van der Waals surface area contributed by atoms with Crippen LogP contribution in [0.4, 0.5) is 10.1 Å². The molecule has 0 bridgehead atoms. The first-order valence-corrected chi connectivity index (χ1v) is 15.1. The molecule has 0 saturated heterocycles. The largest absolute Gasteiger partial charge is 0.354 e. The Morgan fingerprint density at radius 2 is 1.62 bits per heavy atom. The molecular formula is C30H35ClFN3O4S. The van der Waals surface area contributed by atoms with Crippen LogP contribution in [-0.2, 0) is 26.2 Å². The van der Waals surface area contributed by atoms with Crippen LogP contribution in [0.1, 0.15) is 44.2 Å². The van der Waals surface area contributed by atoms with Crippen LogP contribution in [0.2, 0.25) is 5.02 Å². The predicted molar refractivity (Wildman–Crippen MR) is 156 cm³/mol. The Morgan fingerprint density at radius 1 is 0.975 bits per heavy atom. The third kappa shape index (κ3) is 7.82. The Bertz CT molecular complexity index is 1400. The number of nitrogens with zero attached hydrogens (tertiary/aromatic N) is 2. The Kier molecular flexibility index (Phi) is 11.1. The molecule has 0 aliphatic rings. The van der Waals surface area contributed by atoms with E-state index < -0.39 is 34.3 Å². The molecule has 1 atom stereocenters. The average molecular weight is 588 g/mol. The predicted octanol–water partition coefficient (Wildman–Crippen LogP) is 5.71. The van der Waals surface area contributed by atoms with Gasteiger partial charge in [0.2, 0.25) is 11.8 Å². The Hall–Kier alpha value is -3.43. The second kappa shape index (κ2) is 14.3. The molecule has 0 saturated carbocycles. The van der Waals surface area contributed by atoms with Crippen LogP contribution in [-0.4, -0.2) is 44.3 Å². The lowest BCUT2D eigenvalue weighted by molar-refractivity contribution is -0.140. The molecule has 0 aliphatic carbocycles. The van der Waals surface area contributed by atoms with Crippen molar-refractivity contribution < 1.29 is 22.4 Å². The first kappa shape index (κ1) is 31.1. The highest BCUT2D eigenvalue weighted by Gasteiger charge is 2.34. The highest BCUT2D eigenvalue weighted by Crippen LogP contribution is 2.28. The van der Waals surface area contributed by atoms with E-state index in [9.17, 15) is 22.4 Å². The minimum atomic E-state index is -4.19. The lowest BCUT2D eigenvalue weighted by atomic mass is 10.1. The number of benzene rings is 3. The van der Waals surface area contributed by atoms with Crippen molar-refractivity contribution in [2.45, 2.75) is 57.5 Å². The van der Waals surface area contributed by atoms with Crippen LogP contribution >= 0.6 is 11.6 Å². The van der Waals surface area contributed by atoms with Gasteiger partial charge in [-0.1, -0.05) is 62.2 Å². The molecule has 0 aromatic heterocycles. The summed E-state index contributed by atoms with van der Waals surface area (Å²) in [6.45, 7) is 5.48. The number of amides is 2. The van der Waals surface area contributed by atoms with Crippen molar-refractivity contribution in [2.24, 2.45) is 0 Å². The van der Waals surface area contributed by atoms with Gasteiger partial charge in [-0.15, -0.1) is 0 Å². The minimum absolute atomic E-state index is 0.00141. The van der Waals surface area contributed by atoms with Crippen LogP contribution in [0.3, 0.4) is 0 Å². The van der Waals surface area contributed by atoms with Gasteiger partial charge in [-0.2, -0.15) is 0 Å². The second-order valence-corrected chi connectivity index (χ2v) is 11.8. The highest BCUT2D eigenvalue weighted by molar-refractivity contribution is 7.92. The summed E-state index contributed by atoms with van der Waals surface area (Å²) in [5, 5.41) is 3.26. The number of para-hydroxylation sites is 1. The minimum Gasteiger partial charge on any atom is -0.354 e. The Labute approximate surface area is 241 Å². The zero-order valence-electron chi connectivity index (χ0n) is 22.9. The molecule has 0 aliphatic heterocycles.